The van der Waals surface area contributed by atoms with Gasteiger partial charge in [-0.1, -0.05) is 6.07 Å². The minimum absolute atomic E-state index is 0.139. The molecular weight excluding hydrogens is 452 g/mol. The predicted octanol–water partition coefficient (Wildman–Crippen LogP) is 3.41. The highest BCUT2D eigenvalue weighted by atomic mass is 32.2. The normalized spacial score (nSPS) is 17.4. The molecule has 8 nitrogen and oxygen atoms in total. The van der Waals surface area contributed by atoms with Gasteiger partial charge in [0, 0.05) is 56.8 Å². The van der Waals surface area contributed by atoms with Crippen LogP contribution >= 0.6 is 0 Å². The van der Waals surface area contributed by atoms with Gasteiger partial charge < -0.3 is 19.9 Å². The van der Waals surface area contributed by atoms with E-state index in [0.717, 1.165) is 43.9 Å². The summed E-state index contributed by atoms with van der Waals surface area (Å²) in [5.74, 6) is -0.309. The number of amides is 1. The number of sulfonamides is 1. The van der Waals surface area contributed by atoms with Crippen LogP contribution in [0.2, 0.25) is 0 Å². The minimum atomic E-state index is -3.71. The second kappa shape index (κ2) is 10.8. The summed E-state index contributed by atoms with van der Waals surface area (Å²) in [6.07, 6.45) is 3.28. The van der Waals surface area contributed by atoms with Crippen LogP contribution in [-0.4, -0.2) is 71.6 Å². The monoisotopic (exact) mass is 486 g/mol. The van der Waals surface area contributed by atoms with E-state index in [1.165, 1.54) is 16.8 Å². The molecule has 2 heterocycles. The van der Waals surface area contributed by atoms with E-state index in [4.69, 9.17) is 4.74 Å². The lowest BCUT2D eigenvalue weighted by molar-refractivity contribution is 0.0730. The fraction of sp³-hybridized carbons (Fsp3) is 0.480. The molecule has 4 rings (SSSR count). The molecule has 0 unspecified atom stereocenters. The van der Waals surface area contributed by atoms with Crippen molar-refractivity contribution < 1.29 is 17.9 Å². The van der Waals surface area contributed by atoms with E-state index < -0.39 is 10.0 Å². The van der Waals surface area contributed by atoms with Crippen LogP contribution in [0.25, 0.3) is 0 Å². The van der Waals surface area contributed by atoms with E-state index in [0.29, 0.717) is 37.6 Å². The largest absolute Gasteiger partial charge is 0.379 e. The number of nitrogens with one attached hydrogen (secondary N) is 1. The van der Waals surface area contributed by atoms with E-state index in [2.05, 4.69) is 22.0 Å². The van der Waals surface area contributed by atoms with Crippen LogP contribution in [0.5, 0.6) is 0 Å². The molecule has 0 aromatic heterocycles. The van der Waals surface area contributed by atoms with Gasteiger partial charge in [0.15, 0.2) is 0 Å². The Morgan fingerprint density at radius 2 is 1.76 bits per heavy atom. The highest BCUT2D eigenvalue weighted by Crippen LogP contribution is 2.30. The van der Waals surface area contributed by atoms with Gasteiger partial charge in [0.25, 0.3) is 5.91 Å². The zero-order chi connectivity index (χ0) is 24.1. The van der Waals surface area contributed by atoms with Gasteiger partial charge in [0.05, 0.1) is 23.7 Å². The van der Waals surface area contributed by atoms with Gasteiger partial charge in [-0.3, -0.25) is 4.79 Å². The topological polar surface area (TPSA) is 82.2 Å². The Bertz CT molecular complexity index is 1110. The van der Waals surface area contributed by atoms with Crippen molar-refractivity contribution in [3.8, 4) is 0 Å². The molecule has 0 atom stereocenters. The molecule has 1 N–H and O–H groups in total. The van der Waals surface area contributed by atoms with Gasteiger partial charge >= 0.3 is 0 Å². The number of benzene rings is 2. The molecule has 184 valence electrons. The zero-order valence-electron chi connectivity index (χ0n) is 20.0. The van der Waals surface area contributed by atoms with E-state index in [9.17, 15) is 13.2 Å². The number of ether oxygens (including phenoxy) is 1. The van der Waals surface area contributed by atoms with Gasteiger partial charge in [-0.25, -0.2) is 8.42 Å². The van der Waals surface area contributed by atoms with Crippen molar-refractivity contribution >= 4 is 33.0 Å². The maximum absolute atomic E-state index is 13.5. The number of carbonyl (C=O) groups excluding carboxylic acids is 1. The lowest BCUT2D eigenvalue weighted by atomic mass is 10.1. The van der Waals surface area contributed by atoms with Crippen molar-refractivity contribution in [1.29, 1.82) is 0 Å². The number of hydrogen-bond acceptors (Lipinski definition) is 6. The third-order valence-electron chi connectivity index (χ3n) is 6.54. The Kier molecular flexibility index (Phi) is 7.75. The fourth-order valence-corrected chi connectivity index (χ4v) is 5.84. The van der Waals surface area contributed by atoms with Gasteiger partial charge in [-0.15, -0.1) is 0 Å². The molecule has 2 aromatic rings. The Labute approximate surface area is 202 Å². The molecule has 2 aromatic carbocycles. The summed E-state index contributed by atoms with van der Waals surface area (Å²) in [5.41, 5.74) is 2.83. The van der Waals surface area contributed by atoms with E-state index in [-0.39, 0.29) is 10.8 Å². The van der Waals surface area contributed by atoms with Crippen LogP contribution < -0.4 is 15.1 Å². The zero-order valence-corrected chi connectivity index (χ0v) is 20.8. The minimum Gasteiger partial charge on any atom is -0.379 e. The lowest BCUT2D eigenvalue weighted by Gasteiger charge is -2.31. The van der Waals surface area contributed by atoms with Crippen LogP contribution in [0.15, 0.2) is 47.4 Å². The maximum atomic E-state index is 13.5. The molecule has 2 aliphatic rings. The number of piperidine rings is 1. The number of rotatable bonds is 7. The van der Waals surface area contributed by atoms with E-state index >= 15 is 0 Å². The number of hydrogen-bond donors (Lipinski definition) is 1. The van der Waals surface area contributed by atoms with Gasteiger partial charge in [0.1, 0.15) is 0 Å². The first-order valence-corrected chi connectivity index (χ1v) is 13.4. The summed E-state index contributed by atoms with van der Waals surface area (Å²) >= 11 is 0. The molecular formula is C25H34N4O4S. The summed E-state index contributed by atoms with van der Waals surface area (Å²) in [5, 5.41) is 2.99. The quantitative estimate of drug-likeness (QED) is 0.646. The molecule has 2 aliphatic heterocycles. The van der Waals surface area contributed by atoms with Crippen molar-refractivity contribution in [3.05, 3.63) is 48.0 Å². The van der Waals surface area contributed by atoms with Gasteiger partial charge in [-0.2, -0.15) is 4.31 Å². The van der Waals surface area contributed by atoms with Crippen molar-refractivity contribution in [2.24, 2.45) is 0 Å². The first-order chi connectivity index (χ1) is 16.4. The number of nitrogens with zero attached hydrogens (tertiary/aromatic N) is 3. The summed E-state index contributed by atoms with van der Waals surface area (Å²) in [6, 6.07) is 12.6. The standard InChI is InChI=1S/C25H34N4O4S/c1-3-27(2)21-9-7-8-20(18-21)26-25(30)23-19-22(34(31,32)29-14-16-33-17-15-29)10-11-24(23)28-12-5-4-6-13-28/h7-11,18-19H,3-6,12-17H2,1-2H3,(H,26,30). The highest BCUT2D eigenvalue weighted by Gasteiger charge is 2.29. The Morgan fingerprint density at radius 1 is 1.03 bits per heavy atom. The lowest BCUT2D eigenvalue weighted by Crippen LogP contribution is -2.40. The smallest absolute Gasteiger partial charge is 0.257 e. The second-order valence-electron chi connectivity index (χ2n) is 8.76. The Morgan fingerprint density at radius 3 is 2.47 bits per heavy atom. The number of morpholine rings is 1. The van der Waals surface area contributed by atoms with Crippen LogP contribution in [0, 0.1) is 0 Å². The average Bonchev–Trinajstić information content (AvgIpc) is 2.89. The number of carbonyl (C=O) groups is 1. The molecule has 1 amide bonds. The fourth-order valence-electron chi connectivity index (χ4n) is 4.41. The summed E-state index contributed by atoms with van der Waals surface area (Å²) in [7, 11) is -1.72. The molecule has 0 aliphatic carbocycles. The second-order valence-corrected chi connectivity index (χ2v) is 10.7. The molecule has 0 spiro atoms. The van der Waals surface area contributed by atoms with Gasteiger partial charge in [-0.05, 0) is 62.6 Å². The predicted molar refractivity (Wildman–Crippen MR) is 135 cm³/mol. The highest BCUT2D eigenvalue weighted by molar-refractivity contribution is 7.89. The average molecular weight is 487 g/mol. The summed E-state index contributed by atoms with van der Waals surface area (Å²) < 4.78 is 33.3. The molecule has 2 saturated heterocycles. The van der Waals surface area contributed by atoms with Crippen molar-refractivity contribution in [3.63, 3.8) is 0 Å². The molecule has 0 bridgehead atoms. The molecule has 2 fully saturated rings. The third-order valence-corrected chi connectivity index (χ3v) is 8.43. The first-order valence-electron chi connectivity index (χ1n) is 12.0. The van der Waals surface area contributed by atoms with Crippen LogP contribution in [0.3, 0.4) is 0 Å². The third kappa shape index (κ3) is 5.37. The van der Waals surface area contributed by atoms with Crippen molar-refractivity contribution in [1.82, 2.24) is 4.31 Å². The molecule has 34 heavy (non-hydrogen) atoms. The van der Waals surface area contributed by atoms with E-state index in [1.54, 1.807) is 12.1 Å². The Hall–Kier alpha value is -2.62. The number of anilines is 3. The summed E-state index contributed by atoms with van der Waals surface area (Å²) in [4.78, 5) is 17.9. The van der Waals surface area contributed by atoms with Gasteiger partial charge in [0.2, 0.25) is 10.0 Å². The van der Waals surface area contributed by atoms with Crippen molar-refractivity contribution in [2.75, 3.05) is 68.1 Å². The van der Waals surface area contributed by atoms with Crippen molar-refractivity contribution in [2.45, 2.75) is 31.1 Å². The van der Waals surface area contributed by atoms with Crippen LogP contribution in [-0.2, 0) is 14.8 Å². The van der Waals surface area contributed by atoms with E-state index in [1.807, 2.05) is 31.3 Å². The van der Waals surface area contributed by atoms with Crippen LogP contribution in [0.1, 0.15) is 36.5 Å². The maximum Gasteiger partial charge on any atom is 0.257 e. The Balaban J connectivity index is 1.68. The summed E-state index contributed by atoms with van der Waals surface area (Å²) in [6.45, 7) is 6.00. The molecule has 0 radical (unpaired) electrons. The molecule has 9 heteroatoms. The molecule has 0 saturated carbocycles. The first kappa shape index (κ1) is 24.5. The SMILES string of the molecule is CCN(C)c1cccc(NC(=O)c2cc(S(=O)(=O)N3CCOCC3)ccc2N2CCCCC2)c1. The van der Waals surface area contributed by atoms with Crippen LogP contribution in [0.4, 0.5) is 17.1 Å².